The third kappa shape index (κ3) is 4.43. The van der Waals surface area contributed by atoms with Crippen LogP contribution in [-0.2, 0) is 13.4 Å². The van der Waals surface area contributed by atoms with Gasteiger partial charge in [-0.2, -0.15) is 0 Å². The Labute approximate surface area is 90.4 Å². The molecule has 84 valence electrons. The summed E-state index contributed by atoms with van der Waals surface area (Å²) in [5, 5.41) is 0. The van der Waals surface area contributed by atoms with Crippen molar-refractivity contribution in [1.29, 1.82) is 0 Å². The third-order valence-electron chi connectivity index (χ3n) is 1.24. The van der Waals surface area contributed by atoms with E-state index in [0.29, 0.717) is 5.65 Å². The number of imidazole rings is 1. The van der Waals surface area contributed by atoms with E-state index in [4.69, 9.17) is 9.79 Å². The monoisotopic (exact) mass is 264 g/mol. The van der Waals surface area contributed by atoms with Crippen LogP contribution in [0.5, 0.6) is 0 Å². The zero-order valence-electron chi connectivity index (χ0n) is 7.59. The van der Waals surface area contributed by atoms with E-state index in [1.807, 2.05) is 0 Å². The Bertz CT molecular complexity index is 460. The molecule has 11 heteroatoms. The van der Waals surface area contributed by atoms with Crippen molar-refractivity contribution in [2.24, 2.45) is 0 Å². The van der Waals surface area contributed by atoms with Gasteiger partial charge in [0.25, 0.3) is 0 Å². The van der Waals surface area contributed by atoms with E-state index in [9.17, 15) is 9.13 Å². The molecule has 3 N–H and O–H groups in total. The number of aromatic nitrogens is 4. The fourth-order valence-corrected chi connectivity index (χ4v) is 1.23. The van der Waals surface area contributed by atoms with Crippen molar-refractivity contribution in [3.63, 3.8) is 0 Å². The molecule has 0 saturated carbocycles. The van der Waals surface area contributed by atoms with Crippen molar-refractivity contribution in [2.75, 3.05) is 0 Å². The van der Waals surface area contributed by atoms with Crippen LogP contribution in [0.25, 0.3) is 11.2 Å². The predicted molar refractivity (Wildman–Crippen MR) is 52.4 cm³/mol. The molecule has 0 spiro atoms. The minimum absolute atomic E-state index is 0.713. The SMILES string of the molecule is O=[P+](O)O[P+](=O)O.c1ncc2[nH]cnc2n1. The van der Waals surface area contributed by atoms with Crippen molar-refractivity contribution >= 4 is 27.7 Å². The molecule has 2 rings (SSSR count). The highest BCUT2D eigenvalue weighted by Gasteiger charge is 2.31. The summed E-state index contributed by atoms with van der Waals surface area (Å²) in [5.74, 6) is 0. The number of hydrogen-bond acceptors (Lipinski definition) is 6. The maximum Gasteiger partial charge on any atom is 0.745 e. The molecule has 16 heavy (non-hydrogen) atoms. The van der Waals surface area contributed by atoms with Crippen molar-refractivity contribution < 1.29 is 23.2 Å². The third-order valence-corrected chi connectivity index (χ3v) is 2.36. The lowest BCUT2D eigenvalue weighted by atomic mass is 10.6. The Kier molecular flexibility index (Phi) is 4.97. The van der Waals surface area contributed by atoms with Crippen molar-refractivity contribution in [3.05, 3.63) is 18.9 Å². The van der Waals surface area contributed by atoms with E-state index in [-0.39, 0.29) is 0 Å². The summed E-state index contributed by atoms with van der Waals surface area (Å²) in [7, 11) is -5.85. The average molecular weight is 264 g/mol. The number of aromatic amines is 1. The summed E-state index contributed by atoms with van der Waals surface area (Å²) in [5.41, 5.74) is 1.59. The van der Waals surface area contributed by atoms with Crippen LogP contribution >= 0.6 is 16.5 Å². The van der Waals surface area contributed by atoms with Gasteiger partial charge < -0.3 is 4.98 Å². The molecule has 0 radical (unpaired) electrons. The minimum atomic E-state index is -2.92. The van der Waals surface area contributed by atoms with Crippen molar-refractivity contribution in [2.45, 2.75) is 0 Å². The van der Waals surface area contributed by atoms with Crippen LogP contribution in [0.2, 0.25) is 0 Å². The Morgan fingerprint density at radius 3 is 2.44 bits per heavy atom. The quantitative estimate of drug-likeness (QED) is 0.672. The van der Waals surface area contributed by atoms with Crippen LogP contribution in [0.1, 0.15) is 0 Å². The van der Waals surface area contributed by atoms with Gasteiger partial charge in [0.1, 0.15) is 11.8 Å². The molecule has 2 aromatic heterocycles. The Balaban J connectivity index is 0.000000168. The number of fused-ring (bicyclic) bond motifs is 1. The summed E-state index contributed by atoms with van der Waals surface area (Å²) in [4.78, 5) is 29.8. The van der Waals surface area contributed by atoms with Crippen LogP contribution in [0.4, 0.5) is 0 Å². The van der Waals surface area contributed by atoms with E-state index in [2.05, 4.69) is 24.2 Å². The first-order chi connectivity index (χ1) is 7.59. The molecule has 2 aromatic rings. The Morgan fingerprint density at radius 1 is 1.25 bits per heavy atom. The number of rotatable bonds is 2. The first-order valence-corrected chi connectivity index (χ1v) is 5.95. The summed E-state index contributed by atoms with van der Waals surface area (Å²) in [6.45, 7) is 0. The van der Waals surface area contributed by atoms with Crippen molar-refractivity contribution in [3.8, 4) is 0 Å². The van der Waals surface area contributed by atoms with Gasteiger partial charge in [-0.25, -0.2) is 15.0 Å². The number of nitrogens with zero attached hydrogens (tertiary/aromatic N) is 3. The number of hydrogen-bond donors (Lipinski definition) is 3. The van der Waals surface area contributed by atoms with Gasteiger partial charge in [-0.15, -0.1) is 9.79 Å². The van der Waals surface area contributed by atoms with E-state index in [1.54, 1.807) is 12.5 Å². The van der Waals surface area contributed by atoms with Gasteiger partial charge in [-0.1, -0.05) is 0 Å². The maximum absolute atomic E-state index is 9.39. The normalized spacial score (nSPS) is 11.6. The lowest BCUT2D eigenvalue weighted by Crippen LogP contribution is -1.76. The van der Waals surface area contributed by atoms with Gasteiger partial charge in [0.05, 0.1) is 12.5 Å². The van der Waals surface area contributed by atoms with E-state index in [1.165, 1.54) is 6.33 Å². The molecule has 2 heterocycles. The summed E-state index contributed by atoms with van der Waals surface area (Å²) in [6, 6.07) is 0. The highest BCUT2D eigenvalue weighted by Crippen LogP contribution is 2.30. The molecule has 0 aliphatic heterocycles. The summed E-state index contributed by atoms with van der Waals surface area (Å²) in [6.07, 6.45) is 4.76. The molecular weight excluding hydrogens is 258 g/mol. The molecule has 2 unspecified atom stereocenters. The van der Waals surface area contributed by atoms with E-state index in [0.717, 1.165) is 5.52 Å². The van der Waals surface area contributed by atoms with E-state index < -0.39 is 16.5 Å². The topological polar surface area (TPSA) is 138 Å². The molecule has 9 nitrogen and oxygen atoms in total. The molecule has 0 saturated heterocycles. The predicted octanol–water partition coefficient (Wildman–Crippen LogP) is 0.655. The molecule has 2 atom stereocenters. The second kappa shape index (κ2) is 6.26. The van der Waals surface area contributed by atoms with Gasteiger partial charge >= 0.3 is 16.5 Å². The zero-order valence-corrected chi connectivity index (χ0v) is 9.38. The van der Waals surface area contributed by atoms with Gasteiger partial charge in [0.15, 0.2) is 9.96 Å². The fraction of sp³-hybridized carbons (Fsp3) is 0. The molecule has 0 amide bonds. The molecule has 0 aromatic carbocycles. The van der Waals surface area contributed by atoms with Gasteiger partial charge in [-0.05, 0) is 0 Å². The highest BCUT2D eigenvalue weighted by atomic mass is 31.2. The molecular formula is C5H6N4O5P2+2. The average Bonchev–Trinajstić information content (AvgIpc) is 2.63. The minimum Gasteiger partial charge on any atom is -0.342 e. The standard InChI is InChI=1S/C5H4N4.O5P2/c1-4-5(8-2-6-1)9-3-7-4;1-6(2)5-7(3)4/h1-3H,(H,6,7,8,9);/p+2. The summed E-state index contributed by atoms with van der Waals surface area (Å²) < 4.78 is 22.2. The Morgan fingerprint density at radius 2 is 1.94 bits per heavy atom. The second-order valence-corrected chi connectivity index (χ2v) is 3.82. The highest BCUT2D eigenvalue weighted by molar-refractivity contribution is 7.46. The number of H-pyrrole nitrogens is 1. The first-order valence-electron chi connectivity index (χ1n) is 3.69. The molecule has 0 aliphatic carbocycles. The molecule has 0 fully saturated rings. The number of nitrogens with one attached hydrogen (secondary N) is 1. The van der Waals surface area contributed by atoms with Gasteiger partial charge in [0.2, 0.25) is 0 Å². The van der Waals surface area contributed by atoms with Crippen LogP contribution in [0.3, 0.4) is 0 Å². The van der Waals surface area contributed by atoms with Crippen LogP contribution in [0, 0.1) is 0 Å². The zero-order chi connectivity index (χ0) is 12.0. The lowest BCUT2D eigenvalue weighted by molar-refractivity contribution is 0.371. The smallest absolute Gasteiger partial charge is 0.342 e. The molecule has 0 bridgehead atoms. The summed E-state index contributed by atoms with van der Waals surface area (Å²) >= 11 is 0. The fourth-order valence-electron chi connectivity index (χ4n) is 0.751. The first kappa shape index (κ1) is 12.7. The van der Waals surface area contributed by atoms with Crippen LogP contribution in [0.15, 0.2) is 18.9 Å². The van der Waals surface area contributed by atoms with Crippen LogP contribution < -0.4 is 0 Å². The molecule has 0 aliphatic rings. The van der Waals surface area contributed by atoms with Gasteiger partial charge in [-0.3, -0.25) is 0 Å². The second-order valence-electron chi connectivity index (χ2n) is 2.22. The lowest BCUT2D eigenvalue weighted by Gasteiger charge is -1.80. The largest absolute Gasteiger partial charge is 0.745 e. The van der Waals surface area contributed by atoms with E-state index >= 15 is 0 Å². The Hall–Kier alpha value is -1.37. The van der Waals surface area contributed by atoms with Crippen LogP contribution in [-0.4, -0.2) is 29.7 Å². The van der Waals surface area contributed by atoms with Crippen molar-refractivity contribution in [1.82, 2.24) is 19.9 Å². The van der Waals surface area contributed by atoms with Gasteiger partial charge in [0, 0.05) is 9.13 Å². The maximum atomic E-state index is 9.39.